The summed E-state index contributed by atoms with van der Waals surface area (Å²) in [5, 5.41) is 0.920. The number of H-pyrrole nitrogens is 1. The van der Waals surface area contributed by atoms with Gasteiger partial charge in [-0.1, -0.05) is 18.2 Å². The molecule has 0 fully saturated rings. The molecular weight excluding hydrogens is 228 g/mol. The second-order valence-electron chi connectivity index (χ2n) is 4.12. The number of aromatic nitrogens is 1. The number of rotatable bonds is 1. The number of primary amides is 1. The lowest BCUT2D eigenvalue weighted by atomic mass is 10.0. The predicted molar refractivity (Wildman–Crippen MR) is 69.7 cm³/mol. The van der Waals surface area contributed by atoms with Crippen LogP contribution in [0.25, 0.3) is 22.2 Å². The summed E-state index contributed by atoms with van der Waals surface area (Å²) in [5.74, 6) is -0.699. The normalized spacial score (nSPS) is 10.9. The van der Waals surface area contributed by atoms with E-state index in [1.807, 2.05) is 24.3 Å². The molecule has 18 heavy (non-hydrogen) atoms. The Morgan fingerprint density at radius 2 is 1.89 bits per heavy atom. The van der Waals surface area contributed by atoms with E-state index in [0.29, 0.717) is 11.3 Å². The quantitative estimate of drug-likeness (QED) is 0.633. The van der Waals surface area contributed by atoms with Crippen LogP contribution in [0.1, 0.15) is 10.4 Å². The molecule has 0 spiro atoms. The second kappa shape index (κ2) is 3.70. The van der Waals surface area contributed by atoms with Crippen molar-refractivity contribution in [3.05, 3.63) is 58.3 Å². The van der Waals surface area contributed by atoms with Crippen molar-refractivity contribution < 1.29 is 4.79 Å². The van der Waals surface area contributed by atoms with Crippen molar-refractivity contribution in [2.45, 2.75) is 0 Å². The number of hydrogen-bond donors (Lipinski definition) is 2. The van der Waals surface area contributed by atoms with Gasteiger partial charge in [-0.05, 0) is 29.7 Å². The van der Waals surface area contributed by atoms with Gasteiger partial charge in [-0.15, -0.1) is 0 Å². The zero-order valence-electron chi connectivity index (χ0n) is 9.44. The molecular formula is C14H10N2O2. The Balaban J connectivity index is 2.45. The molecule has 4 nitrogen and oxygen atoms in total. The van der Waals surface area contributed by atoms with Crippen molar-refractivity contribution in [2.75, 3.05) is 0 Å². The van der Waals surface area contributed by atoms with E-state index in [9.17, 15) is 9.59 Å². The molecule has 0 unspecified atom stereocenters. The number of carbonyl (C=O) groups excluding carboxylic acids is 1. The van der Waals surface area contributed by atoms with Crippen LogP contribution in [0.2, 0.25) is 0 Å². The zero-order valence-corrected chi connectivity index (χ0v) is 9.44. The van der Waals surface area contributed by atoms with Crippen LogP contribution in [0.15, 0.2) is 47.3 Å². The number of nitrogens with two attached hydrogens (primary N) is 1. The highest BCUT2D eigenvalue weighted by atomic mass is 16.2. The predicted octanol–water partition coefficient (Wildman–Crippen LogP) is 1.73. The monoisotopic (exact) mass is 238 g/mol. The van der Waals surface area contributed by atoms with E-state index in [-0.39, 0.29) is 11.0 Å². The molecule has 1 aromatic carbocycles. The Labute approximate surface area is 102 Å². The van der Waals surface area contributed by atoms with Crippen molar-refractivity contribution in [2.24, 2.45) is 5.73 Å². The molecule has 1 aliphatic heterocycles. The fraction of sp³-hybridized carbons (Fsp3) is 0. The molecule has 0 atom stereocenters. The average Bonchev–Trinajstić information content (AvgIpc) is 2.37. The highest BCUT2D eigenvalue weighted by Crippen LogP contribution is 2.22. The van der Waals surface area contributed by atoms with E-state index >= 15 is 0 Å². The first-order chi connectivity index (χ1) is 8.66. The summed E-state index contributed by atoms with van der Waals surface area (Å²) >= 11 is 0. The van der Waals surface area contributed by atoms with Crippen molar-refractivity contribution >= 4 is 16.8 Å². The number of carbonyl (C=O) groups is 1. The molecule has 0 saturated heterocycles. The molecule has 0 radical (unpaired) electrons. The van der Waals surface area contributed by atoms with Crippen LogP contribution >= 0.6 is 0 Å². The fourth-order valence-corrected chi connectivity index (χ4v) is 2.08. The molecule has 4 heteroatoms. The summed E-state index contributed by atoms with van der Waals surface area (Å²) in [6, 6.07) is 12.6. The maximum absolute atomic E-state index is 12.1. The van der Waals surface area contributed by atoms with E-state index in [1.54, 1.807) is 12.1 Å². The number of amides is 1. The Bertz CT molecular complexity index is 789. The van der Waals surface area contributed by atoms with Gasteiger partial charge in [0.15, 0.2) is 0 Å². The Hall–Kier alpha value is -2.62. The molecule has 1 aromatic rings. The largest absolute Gasteiger partial charge is 0.365 e. The Morgan fingerprint density at radius 1 is 1.11 bits per heavy atom. The summed E-state index contributed by atoms with van der Waals surface area (Å²) < 4.78 is 0. The van der Waals surface area contributed by atoms with Crippen molar-refractivity contribution in [1.29, 1.82) is 0 Å². The number of pyridine rings is 1. The van der Waals surface area contributed by atoms with Crippen molar-refractivity contribution in [3.63, 3.8) is 0 Å². The SMILES string of the molecule is NC(=O)c1ccc2[nH]c3ccccc3cc-2c1=O. The van der Waals surface area contributed by atoms with Crippen LogP contribution in [0.5, 0.6) is 0 Å². The number of para-hydroxylation sites is 1. The summed E-state index contributed by atoms with van der Waals surface area (Å²) in [4.78, 5) is 26.4. The second-order valence-corrected chi connectivity index (χ2v) is 4.12. The topological polar surface area (TPSA) is 76.0 Å². The van der Waals surface area contributed by atoms with E-state index in [0.717, 1.165) is 10.9 Å². The molecule has 3 N–H and O–H groups in total. The molecule has 88 valence electrons. The standard InChI is InChI=1S/C14H10N2O2/c15-14(18)9-5-6-12-10(13(9)17)7-8-3-1-2-4-11(8)16-12/h1-7,16H,(H2,15,18). The fourth-order valence-electron chi connectivity index (χ4n) is 2.08. The van der Waals surface area contributed by atoms with Crippen molar-refractivity contribution in [3.8, 4) is 11.3 Å². The summed E-state index contributed by atoms with van der Waals surface area (Å²) in [5.41, 5.74) is 6.97. The first-order valence-corrected chi connectivity index (χ1v) is 5.51. The van der Waals surface area contributed by atoms with Gasteiger partial charge in [0.25, 0.3) is 5.91 Å². The van der Waals surface area contributed by atoms with Gasteiger partial charge in [0, 0.05) is 16.8 Å². The third kappa shape index (κ3) is 1.47. The number of aromatic amines is 1. The van der Waals surface area contributed by atoms with Crippen LogP contribution in [0.4, 0.5) is 0 Å². The van der Waals surface area contributed by atoms with E-state index < -0.39 is 5.91 Å². The smallest absolute Gasteiger partial charge is 0.252 e. The summed E-state index contributed by atoms with van der Waals surface area (Å²) in [6.45, 7) is 0. The molecule has 1 aliphatic carbocycles. The minimum absolute atomic E-state index is 0.0196. The third-order valence-corrected chi connectivity index (χ3v) is 2.99. The van der Waals surface area contributed by atoms with Gasteiger partial charge in [-0.3, -0.25) is 9.59 Å². The van der Waals surface area contributed by atoms with Gasteiger partial charge >= 0.3 is 0 Å². The van der Waals surface area contributed by atoms with E-state index in [2.05, 4.69) is 4.98 Å². The number of benzene rings is 2. The molecule has 0 aromatic heterocycles. The molecule has 2 aliphatic rings. The van der Waals surface area contributed by atoms with Crippen LogP contribution in [-0.4, -0.2) is 10.9 Å². The first-order valence-electron chi connectivity index (χ1n) is 5.51. The van der Waals surface area contributed by atoms with Crippen molar-refractivity contribution in [1.82, 2.24) is 4.98 Å². The maximum atomic E-state index is 12.1. The van der Waals surface area contributed by atoms with Gasteiger partial charge in [-0.2, -0.15) is 0 Å². The number of fused-ring (bicyclic) bond motifs is 2. The Morgan fingerprint density at radius 3 is 2.67 bits per heavy atom. The lowest BCUT2D eigenvalue weighted by Gasteiger charge is -2.08. The average molecular weight is 238 g/mol. The zero-order chi connectivity index (χ0) is 12.7. The lowest BCUT2D eigenvalue weighted by Crippen LogP contribution is -2.23. The van der Waals surface area contributed by atoms with E-state index in [4.69, 9.17) is 5.73 Å². The van der Waals surface area contributed by atoms with Crippen LogP contribution in [0.3, 0.4) is 0 Å². The van der Waals surface area contributed by atoms with Crippen LogP contribution < -0.4 is 11.2 Å². The molecule has 0 bridgehead atoms. The lowest BCUT2D eigenvalue weighted by molar-refractivity contribution is 0.0999. The number of hydrogen-bond acceptors (Lipinski definition) is 2. The van der Waals surface area contributed by atoms with Crippen LogP contribution in [-0.2, 0) is 0 Å². The summed E-state index contributed by atoms with van der Waals surface area (Å²) in [6.07, 6.45) is 0. The highest BCUT2D eigenvalue weighted by molar-refractivity contribution is 5.95. The molecule has 1 amide bonds. The minimum Gasteiger partial charge on any atom is -0.365 e. The van der Waals surface area contributed by atoms with Gasteiger partial charge < -0.3 is 10.7 Å². The maximum Gasteiger partial charge on any atom is 0.252 e. The number of nitrogens with one attached hydrogen (secondary N) is 1. The first kappa shape index (κ1) is 10.5. The molecule has 0 saturated carbocycles. The third-order valence-electron chi connectivity index (χ3n) is 2.99. The Kier molecular flexibility index (Phi) is 2.16. The highest BCUT2D eigenvalue weighted by Gasteiger charge is 2.14. The summed E-state index contributed by atoms with van der Waals surface area (Å²) in [7, 11) is 0. The molecule has 1 heterocycles. The minimum atomic E-state index is -0.699. The van der Waals surface area contributed by atoms with E-state index in [1.165, 1.54) is 6.07 Å². The van der Waals surface area contributed by atoms with Gasteiger partial charge in [-0.25, -0.2) is 0 Å². The molecule has 3 rings (SSSR count). The van der Waals surface area contributed by atoms with Crippen LogP contribution in [0, 0.1) is 0 Å². The van der Waals surface area contributed by atoms with Gasteiger partial charge in [0.05, 0.1) is 5.56 Å². The van der Waals surface area contributed by atoms with Gasteiger partial charge in [0.1, 0.15) is 0 Å². The van der Waals surface area contributed by atoms with Gasteiger partial charge in [0.2, 0.25) is 5.43 Å².